The minimum Gasteiger partial charge on any atom is -0.487 e. The minimum absolute atomic E-state index is 0.166. The van der Waals surface area contributed by atoms with Gasteiger partial charge in [-0.2, -0.15) is 0 Å². The number of carbonyl (C=O) groups is 2. The quantitative estimate of drug-likeness (QED) is 0.714. The second kappa shape index (κ2) is 5.53. The molecular formula is C11H18N2O3. The number of imide groups is 1. The number of ether oxygens (including phenoxy) is 1. The third-order valence-corrected chi connectivity index (χ3v) is 2.49. The van der Waals surface area contributed by atoms with Crippen LogP contribution < -0.4 is 5.32 Å². The van der Waals surface area contributed by atoms with Gasteiger partial charge in [0.1, 0.15) is 0 Å². The van der Waals surface area contributed by atoms with Gasteiger partial charge in [-0.3, -0.25) is 14.5 Å². The van der Waals surface area contributed by atoms with E-state index in [0.29, 0.717) is 13.0 Å². The molecule has 5 nitrogen and oxygen atoms in total. The van der Waals surface area contributed by atoms with E-state index in [1.54, 1.807) is 20.9 Å². The van der Waals surface area contributed by atoms with Crippen LogP contribution in [0.5, 0.6) is 0 Å². The van der Waals surface area contributed by atoms with Crippen molar-refractivity contribution in [2.75, 3.05) is 13.7 Å². The second-order valence-corrected chi connectivity index (χ2v) is 3.92. The van der Waals surface area contributed by atoms with Gasteiger partial charge in [0.25, 0.3) is 5.91 Å². The van der Waals surface area contributed by atoms with Crippen LogP contribution in [0.4, 0.5) is 0 Å². The monoisotopic (exact) mass is 226 g/mol. The molecule has 90 valence electrons. The molecule has 1 aliphatic rings. The first-order chi connectivity index (χ1) is 7.61. The zero-order valence-corrected chi connectivity index (χ0v) is 9.95. The number of hydrogen-bond acceptors (Lipinski definition) is 4. The van der Waals surface area contributed by atoms with Crippen molar-refractivity contribution in [3.8, 4) is 0 Å². The molecule has 1 aliphatic heterocycles. The number of hydrogen-bond donors (Lipinski definition) is 1. The van der Waals surface area contributed by atoms with E-state index in [2.05, 4.69) is 5.32 Å². The Morgan fingerprint density at radius 2 is 2.25 bits per heavy atom. The third kappa shape index (κ3) is 2.53. The number of nitrogens with one attached hydrogen (secondary N) is 1. The predicted octanol–water partition coefficient (Wildman–Crippen LogP) is 0.621. The molecule has 0 unspecified atom stereocenters. The Morgan fingerprint density at radius 3 is 2.75 bits per heavy atom. The van der Waals surface area contributed by atoms with E-state index >= 15 is 0 Å². The summed E-state index contributed by atoms with van der Waals surface area (Å²) in [5.41, 5.74) is 0.767. The van der Waals surface area contributed by atoms with Gasteiger partial charge in [0.2, 0.25) is 12.2 Å². The molecular weight excluding hydrogens is 208 g/mol. The van der Waals surface area contributed by atoms with Gasteiger partial charge in [0, 0.05) is 13.1 Å². The van der Waals surface area contributed by atoms with Crippen molar-refractivity contribution in [3.63, 3.8) is 0 Å². The van der Waals surface area contributed by atoms with Gasteiger partial charge in [-0.1, -0.05) is 0 Å². The normalized spacial score (nSPS) is 15.8. The SMILES string of the molecule is CNC1=C(C(=O)N(C=O)C(C)C)OCCC1. The van der Waals surface area contributed by atoms with Crippen molar-refractivity contribution < 1.29 is 14.3 Å². The molecule has 1 heterocycles. The van der Waals surface area contributed by atoms with Crippen molar-refractivity contribution in [3.05, 3.63) is 11.5 Å². The van der Waals surface area contributed by atoms with Gasteiger partial charge in [-0.05, 0) is 26.7 Å². The summed E-state index contributed by atoms with van der Waals surface area (Å²) in [5.74, 6) is -0.0939. The largest absolute Gasteiger partial charge is 0.487 e. The van der Waals surface area contributed by atoms with Crippen molar-refractivity contribution in [1.29, 1.82) is 0 Å². The summed E-state index contributed by atoms with van der Waals surface area (Å²) in [6.45, 7) is 4.10. The number of amides is 2. The average Bonchev–Trinajstić information content (AvgIpc) is 2.29. The first-order valence-electron chi connectivity index (χ1n) is 5.43. The highest BCUT2D eigenvalue weighted by Crippen LogP contribution is 2.19. The summed E-state index contributed by atoms with van der Waals surface area (Å²) in [6.07, 6.45) is 2.21. The zero-order valence-electron chi connectivity index (χ0n) is 9.95. The molecule has 2 amide bonds. The summed E-state index contributed by atoms with van der Waals surface area (Å²) >= 11 is 0. The van der Waals surface area contributed by atoms with E-state index < -0.39 is 0 Å². The van der Waals surface area contributed by atoms with E-state index in [-0.39, 0.29) is 17.7 Å². The topological polar surface area (TPSA) is 58.6 Å². The van der Waals surface area contributed by atoms with Crippen LogP contribution in [-0.2, 0) is 14.3 Å². The lowest BCUT2D eigenvalue weighted by atomic mass is 10.1. The summed E-state index contributed by atoms with van der Waals surface area (Å²) in [6, 6.07) is -0.166. The Balaban J connectivity index is 2.93. The Morgan fingerprint density at radius 1 is 1.56 bits per heavy atom. The van der Waals surface area contributed by atoms with Crippen LogP contribution in [0.1, 0.15) is 26.7 Å². The third-order valence-electron chi connectivity index (χ3n) is 2.49. The predicted molar refractivity (Wildman–Crippen MR) is 59.3 cm³/mol. The van der Waals surface area contributed by atoms with Crippen molar-refractivity contribution >= 4 is 12.3 Å². The number of rotatable bonds is 4. The Labute approximate surface area is 95.4 Å². The lowest BCUT2D eigenvalue weighted by Crippen LogP contribution is -2.39. The molecule has 1 rings (SSSR count). The fraction of sp³-hybridized carbons (Fsp3) is 0.636. The Hall–Kier alpha value is -1.52. The molecule has 0 radical (unpaired) electrons. The van der Waals surface area contributed by atoms with Crippen LogP contribution in [0.15, 0.2) is 11.5 Å². The van der Waals surface area contributed by atoms with Gasteiger partial charge in [-0.15, -0.1) is 0 Å². The minimum atomic E-state index is -0.367. The highest BCUT2D eigenvalue weighted by Gasteiger charge is 2.26. The van der Waals surface area contributed by atoms with E-state index in [4.69, 9.17) is 4.74 Å². The number of allylic oxidation sites excluding steroid dienone is 1. The molecule has 0 atom stereocenters. The van der Waals surface area contributed by atoms with Crippen LogP contribution >= 0.6 is 0 Å². The number of carbonyl (C=O) groups excluding carboxylic acids is 2. The molecule has 16 heavy (non-hydrogen) atoms. The highest BCUT2D eigenvalue weighted by molar-refractivity contribution is 5.98. The van der Waals surface area contributed by atoms with Gasteiger partial charge in [0.05, 0.1) is 12.3 Å². The van der Waals surface area contributed by atoms with Gasteiger partial charge in [0.15, 0.2) is 0 Å². The van der Waals surface area contributed by atoms with E-state index in [1.165, 1.54) is 0 Å². The molecule has 0 fully saturated rings. The first kappa shape index (κ1) is 12.5. The summed E-state index contributed by atoms with van der Waals surface area (Å²) < 4.78 is 5.34. The molecule has 0 saturated heterocycles. The zero-order chi connectivity index (χ0) is 12.1. The van der Waals surface area contributed by atoms with Gasteiger partial charge < -0.3 is 10.1 Å². The summed E-state index contributed by atoms with van der Waals surface area (Å²) in [4.78, 5) is 24.0. The maximum absolute atomic E-state index is 12.0. The Bertz CT molecular complexity index is 310. The van der Waals surface area contributed by atoms with Crippen LogP contribution in [0.25, 0.3) is 0 Å². The molecule has 0 saturated carbocycles. The van der Waals surface area contributed by atoms with E-state index in [1.807, 2.05) is 0 Å². The summed E-state index contributed by atoms with van der Waals surface area (Å²) in [5, 5.41) is 2.94. The lowest BCUT2D eigenvalue weighted by molar-refractivity contribution is -0.140. The van der Waals surface area contributed by atoms with Crippen LogP contribution in [-0.4, -0.2) is 36.9 Å². The smallest absolute Gasteiger partial charge is 0.297 e. The second-order valence-electron chi connectivity index (χ2n) is 3.92. The molecule has 0 aromatic heterocycles. The molecule has 0 bridgehead atoms. The molecule has 0 aliphatic carbocycles. The van der Waals surface area contributed by atoms with Crippen LogP contribution in [0, 0.1) is 0 Å². The molecule has 0 spiro atoms. The standard InChI is InChI=1S/C11H18N2O3/c1-8(2)13(7-14)11(15)10-9(12-3)5-4-6-16-10/h7-8,12H,4-6H2,1-3H3. The average molecular weight is 226 g/mol. The summed E-state index contributed by atoms with van der Waals surface area (Å²) in [7, 11) is 1.75. The highest BCUT2D eigenvalue weighted by atomic mass is 16.5. The maximum Gasteiger partial charge on any atom is 0.297 e. The maximum atomic E-state index is 12.0. The molecule has 0 aromatic carbocycles. The van der Waals surface area contributed by atoms with Gasteiger partial charge in [-0.25, -0.2) is 0 Å². The molecule has 5 heteroatoms. The molecule has 1 N–H and O–H groups in total. The van der Waals surface area contributed by atoms with Gasteiger partial charge >= 0.3 is 0 Å². The molecule has 0 aromatic rings. The number of nitrogens with zero attached hydrogens (tertiary/aromatic N) is 1. The van der Waals surface area contributed by atoms with Crippen molar-refractivity contribution in [2.45, 2.75) is 32.7 Å². The van der Waals surface area contributed by atoms with E-state index in [0.717, 1.165) is 23.4 Å². The van der Waals surface area contributed by atoms with Crippen LogP contribution in [0.2, 0.25) is 0 Å². The van der Waals surface area contributed by atoms with E-state index in [9.17, 15) is 9.59 Å². The Kier molecular flexibility index (Phi) is 4.34. The fourth-order valence-corrected chi connectivity index (χ4v) is 1.57. The van der Waals surface area contributed by atoms with Crippen LogP contribution in [0.3, 0.4) is 0 Å². The lowest BCUT2D eigenvalue weighted by Gasteiger charge is -2.25. The van der Waals surface area contributed by atoms with Crippen molar-refractivity contribution in [2.24, 2.45) is 0 Å². The fourth-order valence-electron chi connectivity index (χ4n) is 1.57. The van der Waals surface area contributed by atoms with Crippen molar-refractivity contribution in [1.82, 2.24) is 10.2 Å². The first-order valence-corrected chi connectivity index (χ1v) is 5.43.